The molecule has 1 fully saturated rings. The Kier molecular flexibility index (Phi) is 2.57. The zero-order chi connectivity index (χ0) is 10.9. The molecule has 1 saturated carbocycles. The van der Waals surface area contributed by atoms with Crippen LogP contribution in [0.1, 0.15) is 37.7 Å². The minimum Gasteiger partial charge on any atom is -0.508 e. The predicted octanol–water partition coefficient (Wildman–Crippen LogP) is 2.22. The molecule has 3 heteroatoms. The molecule has 3 nitrogen and oxygen atoms in total. The molecule has 82 valence electrons. The fourth-order valence-electron chi connectivity index (χ4n) is 2.37. The summed E-state index contributed by atoms with van der Waals surface area (Å²) in [6.07, 6.45) is 5.14. The van der Waals surface area contributed by atoms with Gasteiger partial charge in [-0.2, -0.15) is 0 Å². The van der Waals surface area contributed by atoms with E-state index >= 15 is 0 Å². The highest BCUT2D eigenvalue weighted by Gasteiger charge is 2.31. The molecular weight excluding hydrogens is 190 g/mol. The molecular formula is C12H17NO2. The number of hydrogen-bond acceptors (Lipinski definition) is 3. The van der Waals surface area contributed by atoms with E-state index < -0.39 is 5.54 Å². The van der Waals surface area contributed by atoms with E-state index in [0.29, 0.717) is 5.56 Å². The van der Waals surface area contributed by atoms with Crippen LogP contribution in [0, 0.1) is 0 Å². The monoisotopic (exact) mass is 207 g/mol. The predicted molar refractivity (Wildman–Crippen MR) is 58.7 cm³/mol. The lowest BCUT2D eigenvalue weighted by molar-refractivity contribution is 0.291. The lowest BCUT2D eigenvalue weighted by atomic mass is 9.77. The van der Waals surface area contributed by atoms with E-state index in [-0.39, 0.29) is 11.5 Å². The Balaban J connectivity index is 2.38. The molecule has 4 N–H and O–H groups in total. The molecule has 0 radical (unpaired) electrons. The molecule has 1 aliphatic carbocycles. The summed E-state index contributed by atoms with van der Waals surface area (Å²) in [5, 5.41) is 19.2. The van der Waals surface area contributed by atoms with Gasteiger partial charge in [0.05, 0.1) is 0 Å². The quantitative estimate of drug-likeness (QED) is 0.618. The standard InChI is InChI=1S/C12H17NO2/c13-12(6-2-1-3-7-12)10-8-9(14)4-5-11(10)15/h4-5,8,14-15H,1-3,6-7,13H2. The first-order valence-corrected chi connectivity index (χ1v) is 5.43. The molecule has 0 aromatic heterocycles. The van der Waals surface area contributed by atoms with E-state index in [9.17, 15) is 10.2 Å². The Labute approximate surface area is 89.5 Å². The van der Waals surface area contributed by atoms with Gasteiger partial charge >= 0.3 is 0 Å². The molecule has 0 amide bonds. The molecule has 0 atom stereocenters. The summed E-state index contributed by atoms with van der Waals surface area (Å²) < 4.78 is 0. The van der Waals surface area contributed by atoms with Crippen LogP contribution in [-0.2, 0) is 5.54 Å². The molecule has 1 aromatic carbocycles. The van der Waals surface area contributed by atoms with Crippen molar-refractivity contribution in [2.45, 2.75) is 37.6 Å². The topological polar surface area (TPSA) is 66.5 Å². The number of benzene rings is 1. The molecule has 2 rings (SSSR count). The van der Waals surface area contributed by atoms with Crippen LogP contribution in [-0.4, -0.2) is 10.2 Å². The number of hydrogen-bond donors (Lipinski definition) is 3. The minimum atomic E-state index is -0.457. The van der Waals surface area contributed by atoms with Crippen molar-refractivity contribution in [2.24, 2.45) is 5.73 Å². The van der Waals surface area contributed by atoms with Crippen LogP contribution in [0.15, 0.2) is 18.2 Å². The third-order valence-corrected chi connectivity index (χ3v) is 3.26. The van der Waals surface area contributed by atoms with Gasteiger partial charge in [0, 0.05) is 11.1 Å². The summed E-state index contributed by atoms with van der Waals surface area (Å²) in [7, 11) is 0. The van der Waals surface area contributed by atoms with Crippen LogP contribution in [0.3, 0.4) is 0 Å². The summed E-state index contributed by atoms with van der Waals surface area (Å²) in [5.74, 6) is 0.357. The van der Waals surface area contributed by atoms with E-state index in [4.69, 9.17) is 5.73 Å². The Bertz CT molecular complexity index is 357. The number of aromatic hydroxyl groups is 2. The van der Waals surface area contributed by atoms with E-state index in [1.807, 2.05) is 0 Å². The minimum absolute atomic E-state index is 0.165. The molecule has 1 aromatic rings. The molecule has 0 aliphatic heterocycles. The van der Waals surface area contributed by atoms with Gasteiger partial charge in [-0.1, -0.05) is 19.3 Å². The van der Waals surface area contributed by atoms with E-state index in [2.05, 4.69) is 0 Å². The van der Waals surface area contributed by atoms with Gasteiger partial charge in [-0.25, -0.2) is 0 Å². The molecule has 0 heterocycles. The van der Waals surface area contributed by atoms with E-state index in [1.165, 1.54) is 18.6 Å². The van der Waals surface area contributed by atoms with Gasteiger partial charge < -0.3 is 15.9 Å². The van der Waals surface area contributed by atoms with Crippen LogP contribution in [0.2, 0.25) is 0 Å². The van der Waals surface area contributed by atoms with Crippen molar-refractivity contribution in [3.8, 4) is 11.5 Å². The van der Waals surface area contributed by atoms with Crippen molar-refractivity contribution >= 4 is 0 Å². The Morgan fingerprint density at radius 1 is 1.07 bits per heavy atom. The summed E-state index contributed by atoms with van der Waals surface area (Å²) in [4.78, 5) is 0. The smallest absolute Gasteiger partial charge is 0.120 e. The third-order valence-electron chi connectivity index (χ3n) is 3.26. The Morgan fingerprint density at radius 2 is 1.73 bits per heavy atom. The fraction of sp³-hybridized carbons (Fsp3) is 0.500. The lowest BCUT2D eigenvalue weighted by Crippen LogP contribution is -2.38. The average molecular weight is 207 g/mol. The van der Waals surface area contributed by atoms with Crippen molar-refractivity contribution in [3.05, 3.63) is 23.8 Å². The first kappa shape index (κ1) is 10.3. The maximum absolute atomic E-state index is 9.76. The number of rotatable bonds is 1. The first-order valence-electron chi connectivity index (χ1n) is 5.43. The molecule has 0 spiro atoms. The van der Waals surface area contributed by atoms with Gasteiger partial charge in [0.25, 0.3) is 0 Å². The molecule has 0 bridgehead atoms. The summed E-state index contributed by atoms with van der Waals surface area (Å²) in [6, 6.07) is 4.57. The lowest BCUT2D eigenvalue weighted by Gasteiger charge is -2.34. The van der Waals surface area contributed by atoms with Crippen LogP contribution >= 0.6 is 0 Å². The van der Waals surface area contributed by atoms with Gasteiger partial charge in [-0.3, -0.25) is 0 Å². The van der Waals surface area contributed by atoms with Gasteiger partial charge in [0.15, 0.2) is 0 Å². The summed E-state index contributed by atoms with van der Waals surface area (Å²) in [6.45, 7) is 0. The average Bonchev–Trinajstić information content (AvgIpc) is 2.23. The second-order valence-corrected chi connectivity index (χ2v) is 4.42. The molecule has 15 heavy (non-hydrogen) atoms. The van der Waals surface area contributed by atoms with Crippen LogP contribution in [0.4, 0.5) is 0 Å². The normalized spacial score (nSPS) is 20.1. The van der Waals surface area contributed by atoms with Crippen LogP contribution < -0.4 is 5.73 Å². The van der Waals surface area contributed by atoms with Crippen molar-refractivity contribution in [1.29, 1.82) is 0 Å². The second-order valence-electron chi connectivity index (χ2n) is 4.42. The van der Waals surface area contributed by atoms with Crippen LogP contribution in [0.5, 0.6) is 11.5 Å². The zero-order valence-electron chi connectivity index (χ0n) is 8.74. The van der Waals surface area contributed by atoms with Gasteiger partial charge in [-0.15, -0.1) is 0 Å². The summed E-state index contributed by atoms with van der Waals surface area (Å²) in [5.41, 5.74) is 6.50. The fourth-order valence-corrected chi connectivity index (χ4v) is 2.37. The van der Waals surface area contributed by atoms with Gasteiger partial charge in [-0.05, 0) is 31.0 Å². The molecule has 0 unspecified atom stereocenters. The van der Waals surface area contributed by atoms with Gasteiger partial charge in [0.2, 0.25) is 0 Å². The summed E-state index contributed by atoms with van der Waals surface area (Å²) >= 11 is 0. The largest absolute Gasteiger partial charge is 0.508 e. The Morgan fingerprint density at radius 3 is 2.40 bits per heavy atom. The number of nitrogens with two attached hydrogens (primary N) is 1. The van der Waals surface area contributed by atoms with Gasteiger partial charge in [0.1, 0.15) is 11.5 Å². The maximum atomic E-state index is 9.76. The van der Waals surface area contributed by atoms with E-state index in [0.717, 1.165) is 25.7 Å². The van der Waals surface area contributed by atoms with Crippen molar-refractivity contribution < 1.29 is 10.2 Å². The highest BCUT2D eigenvalue weighted by atomic mass is 16.3. The van der Waals surface area contributed by atoms with Crippen molar-refractivity contribution in [1.82, 2.24) is 0 Å². The number of phenolic OH excluding ortho intramolecular Hbond substituents is 2. The zero-order valence-corrected chi connectivity index (χ0v) is 8.74. The number of phenols is 2. The highest BCUT2D eigenvalue weighted by molar-refractivity contribution is 5.43. The molecule has 0 saturated heterocycles. The Hall–Kier alpha value is -1.22. The SMILES string of the molecule is NC1(c2cc(O)ccc2O)CCCCC1. The maximum Gasteiger partial charge on any atom is 0.120 e. The van der Waals surface area contributed by atoms with Crippen molar-refractivity contribution in [2.75, 3.05) is 0 Å². The van der Waals surface area contributed by atoms with Crippen LogP contribution in [0.25, 0.3) is 0 Å². The van der Waals surface area contributed by atoms with E-state index in [1.54, 1.807) is 6.07 Å². The third kappa shape index (κ3) is 1.92. The van der Waals surface area contributed by atoms with Crippen molar-refractivity contribution in [3.63, 3.8) is 0 Å². The first-order chi connectivity index (χ1) is 7.12. The highest BCUT2D eigenvalue weighted by Crippen LogP contribution is 2.40. The second kappa shape index (κ2) is 3.74. The molecule has 1 aliphatic rings.